The molecule has 0 spiro atoms. The largest absolute Gasteiger partial charge is 0.379 e. The Kier molecular flexibility index (Phi) is 12.0. The van der Waals surface area contributed by atoms with Crippen LogP contribution in [0.5, 0.6) is 0 Å². The highest BCUT2D eigenvalue weighted by molar-refractivity contribution is 5.98. The second kappa shape index (κ2) is 14.8. The normalized spacial score (nSPS) is 25.0. The fraction of sp³-hybridized carbons (Fsp3) is 0.629. The molecule has 0 bridgehead atoms. The highest BCUT2D eigenvalue weighted by atomic mass is 16.5. The van der Waals surface area contributed by atoms with Crippen molar-refractivity contribution < 1.29 is 9.53 Å². The number of benzene rings is 2. The molecule has 1 amide bonds. The fourth-order valence-electron chi connectivity index (χ4n) is 5.80. The number of fused-ring (bicyclic) bond motifs is 1. The number of rotatable bonds is 4. The molecule has 0 aliphatic carbocycles. The predicted octanol–water partition coefficient (Wildman–Crippen LogP) is 5.58. The zero-order chi connectivity index (χ0) is 30.2. The number of likely N-dealkylation sites (N-methyl/N-ethyl adjacent to an activating group) is 1. The Morgan fingerprint density at radius 2 is 1.76 bits per heavy atom. The Morgan fingerprint density at radius 1 is 1.05 bits per heavy atom. The molecule has 228 valence electrons. The number of hydrogen-bond acceptors (Lipinski definition) is 5. The van der Waals surface area contributed by atoms with E-state index in [1.54, 1.807) is 0 Å². The van der Waals surface area contributed by atoms with Crippen LogP contribution in [-0.2, 0) is 21.4 Å². The molecule has 3 atom stereocenters. The van der Waals surface area contributed by atoms with Crippen molar-refractivity contribution in [2.45, 2.75) is 79.3 Å². The number of anilines is 1. The maximum atomic E-state index is 13.5. The molecular weight excluding hydrogens is 508 g/mol. The summed E-state index contributed by atoms with van der Waals surface area (Å²) in [4.78, 5) is 20.2. The van der Waals surface area contributed by atoms with E-state index >= 15 is 0 Å². The monoisotopic (exact) mass is 564 g/mol. The average Bonchev–Trinajstić information content (AvgIpc) is 3.26. The Hall–Kier alpha value is -2.25. The van der Waals surface area contributed by atoms with Gasteiger partial charge in [-0.2, -0.15) is 0 Å². The number of nitrogens with zero attached hydrogens (tertiary/aromatic N) is 3. The first-order chi connectivity index (χ1) is 19.5. The molecule has 6 heteroatoms. The van der Waals surface area contributed by atoms with Crippen molar-refractivity contribution >= 4 is 11.6 Å². The molecular formula is C35H56N4O2. The van der Waals surface area contributed by atoms with Crippen LogP contribution >= 0.6 is 0 Å². The van der Waals surface area contributed by atoms with Gasteiger partial charge in [0, 0.05) is 55.9 Å². The minimum Gasteiger partial charge on any atom is -0.379 e. The lowest BCUT2D eigenvalue weighted by Crippen LogP contribution is -2.53. The first kappa shape index (κ1) is 33.3. The molecule has 5 rings (SSSR count). The van der Waals surface area contributed by atoms with Crippen LogP contribution in [0.3, 0.4) is 0 Å². The third kappa shape index (κ3) is 8.41. The number of carbonyl (C=O) groups is 1. The van der Waals surface area contributed by atoms with E-state index in [4.69, 9.17) is 4.74 Å². The van der Waals surface area contributed by atoms with Crippen molar-refractivity contribution in [1.82, 2.24) is 15.1 Å². The van der Waals surface area contributed by atoms with Gasteiger partial charge in [-0.3, -0.25) is 14.6 Å². The van der Waals surface area contributed by atoms with Gasteiger partial charge < -0.3 is 15.0 Å². The molecule has 2 fully saturated rings. The smallest absolute Gasteiger partial charge is 0.241 e. The Balaban J connectivity index is 0.000000394. The van der Waals surface area contributed by atoms with E-state index < -0.39 is 0 Å². The van der Waals surface area contributed by atoms with Crippen LogP contribution < -0.4 is 10.2 Å². The van der Waals surface area contributed by atoms with E-state index in [0.717, 1.165) is 58.0 Å². The van der Waals surface area contributed by atoms with Gasteiger partial charge in [0.1, 0.15) is 0 Å². The topological polar surface area (TPSA) is 48.1 Å². The Morgan fingerprint density at radius 3 is 2.34 bits per heavy atom. The SMILES string of the molecule is CC.CC1CN(CC(=O)N2CC(C)(C(C)(C)C)c3ccc(Cc4ccccc4)cc32)CCN1.CC1COCCN1C. The van der Waals surface area contributed by atoms with Crippen LogP contribution in [0.1, 0.15) is 72.1 Å². The molecule has 3 aliphatic heterocycles. The van der Waals surface area contributed by atoms with E-state index in [1.165, 1.54) is 16.7 Å². The predicted molar refractivity (Wildman–Crippen MR) is 173 cm³/mol. The van der Waals surface area contributed by atoms with Gasteiger partial charge in [-0.15, -0.1) is 0 Å². The van der Waals surface area contributed by atoms with Crippen molar-refractivity contribution in [3.05, 3.63) is 65.2 Å². The molecule has 0 radical (unpaired) electrons. The Labute approximate surface area is 250 Å². The number of piperazine rings is 1. The molecule has 2 saturated heterocycles. The van der Waals surface area contributed by atoms with Crippen LogP contribution in [0.25, 0.3) is 0 Å². The number of nitrogens with one attached hydrogen (secondary N) is 1. The number of hydrogen-bond donors (Lipinski definition) is 1. The van der Waals surface area contributed by atoms with Gasteiger partial charge in [-0.1, -0.05) is 84.0 Å². The van der Waals surface area contributed by atoms with E-state index in [0.29, 0.717) is 18.6 Å². The van der Waals surface area contributed by atoms with Crippen LogP contribution in [0, 0.1) is 5.41 Å². The van der Waals surface area contributed by atoms with E-state index in [2.05, 4.69) is 117 Å². The minimum absolute atomic E-state index is 0.0568. The molecule has 3 aliphatic rings. The lowest BCUT2D eigenvalue weighted by Gasteiger charge is -2.39. The summed E-state index contributed by atoms with van der Waals surface area (Å²) in [5.41, 5.74) is 4.96. The number of ether oxygens (including phenoxy) is 1. The van der Waals surface area contributed by atoms with Crippen molar-refractivity contribution in [2.24, 2.45) is 5.41 Å². The van der Waals surface area contributed by atoms with E-state index in [-0.39, 0.29) is 16.7 Å². The summed E-state index contributed by atoms with van der Waals surface area (Å²) in [5.74, 6) is 0.222. The Bertz CT molecular complexity index is 1090. The minimum atomic E-state index is -0.0694. The second-order valence-electron chi connectivity index (χ2n) is 13.1. The molecule has 1 N–H and O–H groups in total. The molecule has 6 nitrogen and oxygen atoms in total. The van der Waals surface area contributed by atoms with Gasteiger partial charge >= 0.3 is 0 Å². The van der Waals surface area contributed by atoms with Crippen molar-refractivity contribution in [2.75, 3.05) is 64.4 Å². The fourth-order valence-corrected chi connectivity index (χ4v) is 5.80. The van der Waals surface area contributed by atoms with Gasteiger partial charge in [-0.25, -0.2) is 0 Å². The standard InChI is InChI=1S/C27H37N3O.C6H13NO.C2H6/c1-20-17-29(14-13-28-20)18-25(31)30-19-27(5,26(2,3)4)23-12-11-22(16-24(23)30)15-21-9-7-6-8-10-21;1-6-5-8-4-3-7(6)2;1-2/h6-12,16,20,28H,13-15,17-19H2,1-5H3;6H,3-5H2,1-2H3;1-2H3. The lowest BCUT2D eigenvalue weighted by molar-refractivity contribution is -0.120. The first-order valence-electron chi connectivity index (χ1n) is 15.7. The van der Waals surface area contributed by atoms with E-state index in [9.17, 15) is 4.79 Å². The number of amides is 1. The summed E-state index contributed by atoms with van der Waals surface area (Å²) in [6.45, 7) is 24.5. The van der Waals surface area contributed by atoms with Crippen LogP contribution in [0.2, 0.25) is 0 Å². The van der Waals surface area contributed by atoms with Crippen LogP contribution in [0.15, 0.2) is 48.5 Å². The number of carbonyl (C=O) groups excluding carboxylic acids is 1. The van der Waals surface area contributed by atoms with Crippen molar-refractivity contribution in [3.8, 4) is 0 Å². The van der Waals surface area contributed by atoms with Crippen LogP contribution in [0.4, 0.5) is 5.69 Å². The third-order valence-electron chi connectivity index (χ3n) is 9.14. The summed E-state index contributed by atoms with van der Waals surface area (Å²) < 4.78 is 5.21. The molecule has 3 heterocycles. The van der Waals surface area contributed by atoms with Gasteiger partial charge in [0.25, 0.3) is 0 Å². The first-order valence-corrected chi connectivity index (χ1v) is 15.7. The van der Waals surface area contributed by atoms with E-state index in [1.807, 2.05) is 13.8 Å². The zero-order valence-electron chi connectivity index (χ0n) is 27.3. The van der Waals surface area contributed by atoms with Gasteiger partial charge in [-0.05, 0) is 55.5 Å². The van der Waals surface area contributed by atoms with Crippen molar-refractivity contribution in [3.63, 3.8) is 0 Å². The maximum Gasteiger partial charge on any atom is 0.241 e. The van der Waals surface area contributed by atoms with Gasteiger partial charge in [0.05, 0.1) is 19.8 Å². The summed E-state index contributed by atoms with van der Waals surface area (Å²) in [7, 11) is 2.13. The second-order valence-corrected chi connectivity index (χ2v) is 13.1. The summed E-state index contributed by atoms with van der Waals surface area (Å²) >= 11 is 0. The molecule has 3 unspecified atom stereocenters. The zero-order valence-corrected chi connectivity index (χ0v) is 27.3. The highest BCUT2D eigenvalue weighted by Gasteiger charge is 2.48. The molecule has 2 aromatic carbocycles. The summed E-state index contributed by atoms with van der Waals surface area (Å²) in [6, 6.07) is 18.4. The van der Waals surface area contributed by atoms with Gasteiger partial charge in [0.15, 0.2) is 0 Å². The molecule has 0 saturated carbocycles. The molecule has 41 heavy (non-hydrogen) atoms. The maximum absolute atomic E-state index is 13.5. The summed E-state index contributed by atoms with van der Waals surface area (Å²) in [6.07, 6.45) is 0.887. The van der Waals surface area contributed by atoms with Crippen LogP contribution in [-0.4, -0.2) is 87.3 Å². The number of morpholine rings is 1. The van der Waals surface area contributed by atoms with Gasteiger partial charge in [0.2, 0.25) is 5.91 Å². The summed E-state index contributed by atoms with van der Waals surface area (Å²) in [5, 5.41) is 3.47. The quantitative estimate of drug-likeness (QED) is 0.525. The molecule has 2 aromatic rings. The third-order valence-corrected chi connectivity index (χ3v) is 9.14. The highest BCUT2D eigenvalue weighted by Crippen LogP contribution is 2.51. The van der Waals surface area contributed by atoms with Crippen molar-refractivity contribution in [1.29, 1.82) is 0 Å². The average molecular weight is 565 g/mol. The molecule has 0 aromatic heterocycles. The lowest BCUT2D eigenvalue weighted by atomic mass is 9.65.